The van der Waals surface area contributed by atoms with Crippen LogP contribution in [0.3, 0.4) is 0 Å². The van der Waals surface area contributed by atoms with Crippen molar-refractivity contribution in [3.05, 3.63) is 48.5 Å². The Morgan fingerprint density at radius 2 is 1.52 bits per heavy atom. The number of hydrogen-bond acceptors (Lipinski definition) is 3. The van der Waals surface area contributed by atoms with E-state index >= 15 is 0 Å². The molecular formula is C17H18N2O2. The topological polar surface area (TPSA) is 60.4 Å². The summed E-state index contributed by atoms with van der Waals surface area (Å²) in [6.45, 7) is 0.895. The predicted molar refractivity (Wildman–Crippen MR) is 83.3 cm³/mol. The highest BCUT2D eigenvalue weighted by molar-refractivity contribution is 6.08. The number of rotatable bonds is 1. The van der Waals surface area contributed by atoms with E-state index in [-0.39, 0.29) is 12.1 Å². The van der Waals surface area contributed by atoms with Crippen LogP contribution in [-0.2, 0) is 4.74 Å². The van der Waals surface area contributed by atoms with Crippen molar-refractivity contribution >= 4 is 21.8 Å². The van der Waals surface area contributed by atoms with Crippen molar-refractivity contribution in [3.63, 3.8) is 0 Å². The molecule has 4 nitrogen and oxygen atoms in total. The first-order valence-electron chi connectivity index (χ1n) is 7.26. The molecule has 0 amide bonds. The van der Waals surface area contributed by atoms with Gasteiger partial charge in [0.2, 0.25) is 0 Å². The molecule has 3 N–H and O–H groups in total. The van der Waals surface area contributed by atoms with Crippen LogP contribution in [0.1, 0.15) is 6.04 Å². The summed E-state index contributed by atoms with van der Waals surface area (Å²) >= 11 is 0. The largest absolute Gasteiger partial charge is 0.389 e. The lowest BCUT2D eigenvalue weighted by atomic mass is 10.0. The molecule has 1 fully saturated rings. The maximum Gasteiger partial charge on any atom is 0.0943 e. The minimum absolute atomic E-state index is 0.154. The molecule has 4 heteroatoms. The number of aliphatic hydroxyl groups is 1. The van der Waals surface area contributed by atoms with Gasteiger partial charge < -0.3 is 20.1 Å². The van der Waals surface area contributed by atoms with Gasteiger partial charge in [-0.3, -0.25) is 0 Å². The Labute approximate surface area is 122 Å². The van der Waals surface area contributed by atoms with E-state index in [4.69, 9.17) is 10.5 Å². The Morgan fingerprint density at radius 3 is 2.14 bits per heavy atom. The monoisotopic (exact) mass is 282 g/mol. The lowest BCUT2D eigenvalue weighted by Gasteiger charge is -2.34. The fourth-order valence-electron chi connectivity index (χ4n) is 3.34. The number of aromatic nitrogens is 1. The Kier molecular flexibility index (Phi) is 2.96. The van der Waals surface area contributed by atoms with Crippen molar-refractivity contribution in [3.8, 4) is 0 Å². The predicted octanol–water partition coefficient (Wildman–Crippen LogP) is 2.05. The average molecular weight is 282 g/mol. The summed E-state index contributed by atoms with van der Waals surface area (Å²) in [5.41, 5.74) is 8.20. The van der Waals surface area contributed by atoms with Crippen molar-refractivity contribution in [1.29, 1.82) is 0 Å². The van der Waals surface area contributed by atoms with Gasteiger partial charge in [0.1, 0.15) is 0 Å². The van der Waals surface area contributed by atoms with E-state index in [0.29, 0.717) is 13.2 Å². The highest BCUT2D eigenvalue weighted by atomic mass is 16.5. The van der Waals surface area contributed by atoms with E-state index in [0.717, 1.165) is 11.0 Å². The van der Waals surface area contributed by atoms with Gasteiger partial charge in [0.05, 0.1) is 31.4 Å². The molecule has 1 aliphatic heterocycles. The molecule has 0 spiro atoms. The maximum atomic E-state index is 10.5. The summed E-state index contributed by atoms with van der Waals surface area (Å²) < 4.78 is 7.76. The van der Waals surface area contributed by atoms with Gasteiger partial charge in [0, 0.05) is 21.8 Å². The molecule has 4 rings (SSSR count). The summed E-state index contributed by atoms with van der Waals surface area (Å²) in [5.74, 6) is 0. The minimum Gasteiger partial charge on any atom is -0.389 e. The summed E-state index contributed by atoms with van der Waals surface area (Å²) in [7, 11) is 0. The number of para-hydroxylation sites is 2. The molecule has 3 aromatic rings. The summed E-state index contributed by atoms with van der Waals surface area (Å²) in [6.07, 6.45) is -0.599. The quantitative estimate of drug-likeness (QED) is 0.718. The number of nitrogens with two attached hydrogens (primary N) is 1. The second-order valence-electron chi connectivity index (χ2n) is 5.66. The lowest BCUT2D eigenvalue weighted by Crippen LogP contribution is -2.49. The van der Waals surface area contributed by atoms with Gasteiger partial charge in [-0.2, -0.15) is 0 Å². The summed E-state index contributed by atoms with van der Waals surface area (Å²) in [4.78, 5) is 0. The Bertz CT molecular complexity index is 742. The molecule has 0 bridgehead atoms. The van der Waals surface area contributed by atoms with Crippen LogP contribution in [0, 0.1) is 0 Å². The van der Waals surface area contributed by atoms with E-state index < -0.39 is 6.10 Å². The Hall–Kier alpha value is -1.88. The second-order valence-corrected chi connectivity index (χ2v) is 5.66. The number of benzene rings is 2. The third kappa shape index (κ3) is 1.87. The first-order chi connectivity index (χ1) is 10.3. The van der Waals surface area contributed by atoms with E-state index in [1.165, 1.54) is 10.8 Å². The van der Waals surface area contributed by atoms with Gasteiger partial charge in [-0.1, -0.05) is 36.4 Å². The third-order valence-corrected chi connectivity index (χ3v) is 4.38. The molecule has 1 unspecified atom stereocenters. The first-order valence-corrected chi connectivity index (χ1v) is 7.26. The number of ether oxygens (including phenoxy) is 1. The molecule has 1 aliphatic rings. The van der Waals surface area contributed by atoms with Gasteiger partial charge >= 0.3 is 0 Å². The molecule has 108 valence electrons. The van der Waals surface area contributed by atoms with E-state index in [1.54, 1.807) is 0 Å². The molecule has 2 heterocycles. The molecule has 0 saturated carbocycles. The van der Waals surface area contributed by atoms with E-state index in [9.17, 15) is 5.11 Å². The summed E-state index contributed by atoms with van der Waals surface area (Å²) in [5, 5.41) is 12.9. The minimum atomic E-state index is -0.599. The van der Waals surface area contributed by atoms with Crippen LogP contribution < -0.4 is 5.73 Å². The van der Waals surface area contributed by atoms with Crippen molar-refractivity contribution in [2.75, 3.05) is 13.2 Å². The molecule has 1 saturated heterocycles. The van der Waals surface area contributed by atoms with Gasteiger partial charge in [-0.25, -0.2) is 0 Å². The maximum absolute atomic E-state index is 10.5. The fourth-order valence-corrected chi connectivity index (χ4v) is 3.34. The first kappa shape index (κ1) is 12.8. The highest BCUT2D eigenvalue weighted by Gasteiger charge is 2.33. The average Bonchev–Trinajstić information content (AvgIpc) is 2.85. The lowest BCUT2D eigenvalue weighted by molar-refractivity contribution is -0.0416. The Balaban J connectivity index is 2.01. The molecule has 2 aromatic carbocycles. The molecule has 1 aromatic heterocycles. The van der Waals surface area contributed by atoms with Gasteiger partial charge in [-0.15, -0.1) is 0 Å². The molecular weight excluding hydrogens is 264 g/mol. The summed E-state index contributed by atoms with van der Waals surface area (Å²) in [6, 6.07) is 16.0. The molecule has 21 heavy (non-hydrogen) atoms. The standard InChI is InChI=1S/C17H18N2O2/c18-13-9-21-10-16(17(13)20)19-14-7-3-1-5-11(14)12-6-2-4-8-15(12)19/h1-8,13,16-17,20H,9-10,18H2/t13-,16?,17+/m0/s1. The van der Waals surface area contributed by atoms with E-state index in [2.05, 4.69) is 28.8 Å². The number of aliphatic hydroxyl groups excluding tert-OH is 1. The van der Waals surface area contributed by atoms with Crippen LogP contribution in [0.5, 0.6) is 0 Å². The van der Waals surface area contributed by atoms with E-state index in [1.807, 2.05) is 24.3 Å². The van der Waals surface area contributed by atoms with Crippen LogP contribution in [-0.4, -0.2) is 35.0 Å². The SMILES string of the molecule is N[C@H]1COCC(n2c3ccccc3c3ccccc32)[C@@H]1O. The van der Waals surface area contributed by atoms with Crippen LogP contribution in [0.4, 0.5) is 0 Å². The number of fused-ring (bicyclic) bond motifs is 3. The Morgan fingerprint density at radius 1 is 0.952 bits per heavy atom. The van der Waals surface area contributed by atoms with Crippen LogP contribution in [0.15, 0.2) is 48.5 Å². The zero-order valence-corrected chi connectivity index (χ0v) is 11.6. The zero-order valence-electron chi connectivity index (χ0n) is 11.6. The fraction of sp³-hybridized carbons (Fsp3) is 0.294. The van der Waals surface area contributed by atoms with Crippen LogP contribution in [0.2, 0.25) is 0 Å². The van der Waals surface area contributed by atoms with Crippen LogP contribution >= 0.6 is 0 Å². The number of nitrogens with zero attached hydrogens (tertiary/aromatic N) is 1. The van der Waals surface area contributed by atoms with Gasteiger partial charge in [-0.05, 0) is 12.1 Å². The molecule has 0 radical (unpaired) electrons. The zero-order chi connectivity index (χ0) is 14.4. The second kappa shape index (κ2) is 4.84. The van der Waals surface area contributed by atoms with Crippen LogP contribution in [0.25, 0.3) is 21.8 Å². The molecule has 3 atom stereocenters. The van der Waals surface area contributed by atoms with Crippen molar-refractivity contribution in [1.82, 2.24) is 4.57 Å². The molecule has 0 aliphatic carbocycles. The third-order valence-electron chi connectivity index (χ3n) is 4.38. The van der Waals surface area contributed by atoms with Crippen molar-refractivity contribution in [2.24, 2.45) is 5.73 Å². The van der Waals surface area contributed by atoms with Crippen molar-refractivity contribution in [2.45, 2.75) is 18.2 Å². The van der Waals surface area contributed by atoms with Gasteiger partial charge in [0.15, 0.2) is 0 Å². The highest BCUT2D eigenvalue weighted by Crippen LogP contribution is 2.34. The van der Waals surface area contributed by atoms with Gasteiger partial charge in [0.25, 0.3) is 0 Å². The smallest absolute Gasteiger partial charge is 0.0943 e. The normalized spacial score (nSPS) is 26.5. The number of hydrogen-bond donors (Lipinski definition) is 2. The van der Waals surface area contributed by atoms with Crippen molar-refractivity contribution < 1.29 is 9.84 Å².